The molecule has 17 heavy (non-hydrogen) atoms. The molecule has 0 spiro atoms. The monoisotopic (exact) mass is 277 g/mol. The fourth-order valence-corrected chi connectivity index (χ4v) is 2.22. The number of benzene rings is 1. The molecule has 0 heterocycles. The van der Waals surface area contributed by atoms with Crippen LogP contribution < -0.4 is 10.1 Å². The van der Waals surface area contributed by atoms with E-state index in [1.165, 1.54) is 6.26 Å². The summed E-state index contributed by atoms with van der Waals surface area (Å²) in [6.07, 6.45) is 1.78. The first kappa shape index (κ1) is 14.1. The van der Waals surface area contributed by atoms with Gasteiger partial charge in [-0.3, -0.25) is 0 Å². The van der Waals surface area contributed by atoms with E-state index >= 15 is 0 Å². The van der Waals surface area contributed by atoms with Gasteiger partial charge in [-0.1, -0.05) is 11.6 Å². The van der Waals surface area contributed by atoms with Crippen molar-refractivity contribution in [1.29, 1.82) is 0 Å². The number of halogens is 1. The van der Waals surface area contributed by atoms with Crippen LogP contribution >= 0.6 is 11.6 Å². The lowest BCUT2D eigenvalue weighted by molar-refractivity contribution is 0.416. The summed E-state index contributed by atoms with van der Waals surface area (Å²) in [6, 6.07) is 5.25. The Morgan fingerprint density at radius 3 is 2.71 bits per heavy atom. The highest BCUT2D eigenvalue weighted by Crippen LogP contribution is 2.27. The summed E-state index contributed by atoms with van der Waals surface area (Å²) >= 11 is 5.87. The standard InChI is InChI=1S/C11H16ClNO3S/c1-16-11-5-4-9(12)8-10(11)13-6-3-7-17(2,14)15/h4-5,8,13H,3,6-7H2,1-2H3. The predicted octanol–water partition coefficient (Wildman–Crippen LogP) is 2.20. The first-order valence-electron chi connectivity index (χ1n) is 5.17. The second kappa shape index (κ2) is 6.12. The summed E-state index contributed by atoms with van der Waals surface area (Å²) < 4.78 is 27.1. The van der Waals surface area contributed by atoms with Crippen LogP contribution in [0.2, 0.25) is 5.02 Å². The van der Waals surface area contributed by atoms with Gasteiger partial charge in [-0.15, -0.1) is 0 Å². The van der Waals surface area contributed by atoms with Gasteiger partial charge in [0.15, 0.2) is 0 Å². The number of anilines is 1. The Bertz CT molecular complexity index is 474. The smallest absolute Gasteiger partial charge is 0.147 e. The van der Waals surface area contributed by atoms with Crippen LogP contribution in [0.25, 0.3) is 0 Å². The molecule has 0 atom stereocenters. The molecule has 1 aromatic carbocycles. The molecular weight excluding hydrogens is 262 g/mol. The SMILES string of the molecule is COc1ccc(Cl)cc1NCCCS(C)(=O)=O. The van der Waals surface area contributed by atoms with Crippen molar-refractivity contribution >= 4 is 27.1 Å². The third-order valence-electron chi connectivity index (χ3n) is 2.17. The number of hydrogen-bond acceptors (Lipinski definition) is 4. The lowest BCUT2D eigenvalue weighted by atomic mass is 10.3. The molecule has 0 aliphatic rings. The van der Waals surface area contributed by atoms with Gasteiger partial charge in [-0.2, -0.15) is 0 Å². The summed E-state index contributed by atoms with van der Waals surface area (Å²) in [5.74, 6) is 0.858. The van der Waals surface area contributed by atoms with Crippen LogP contribution in [-0.4, -0.2) is 34.1 Å². The van der Waals surface area contributed by atoms with E-state index in [2.05, 4.69) is 5.32 Å². The first-order chi connectivity index (χ1) is 7.92. The van der Waals surface area contributed by atoms with Gasteiger partial charge in [0.2, 0.25) is 0 Å². The van der Waals surface area contributed by atoms with Crippen LogP contribution in [0.15, 0.2) is 18.2 Å². The molecule has 0 bridgehead atoms. The van der Waals surface area contributed by atoms with E-state index < -0.39 is 9.84 Å². The molecule has 96 valence electrons. The van der Waals surface area contributed by atoms with Crippen LogP contribution in [0.1, 0.15) is 6.42 Å². The highest BCUT2D eigenvalue weighted by atomic mass is 35.5. The van der Waals surface area contributed by atoms with Gasteiger partial charge in [0.1, 0.15) is 15.6 Å². The third kappa shape index (κ3) is 5.28. The Labute approximate surface area is 107 Å². The Hall–Kier alpha value is -0.940. The summed E-state index contributed by atoms with van der Waals surface area (Å²) in [4.78, 5) is 0. The van der Waals surface area contributed by atoms with Gasteiger partial charge in [0.25, 0.3) is 0 Å². The highest BCUT2D eigenvalue weighted by molar-refractivity contribution is 7.90. The molecule has 0 amide bonds. The average Bonchev–Trinajstić information content (AvgIpc) is 2.23. The molecule has 1 aromatic rings. The van der Waals surface area contributed by atoms with Crippen molar-refractivity contribution in [3.8, 4) is 5.75 Å². The molecule has 0 unspecified atom stereocenters. The lowest BCUT2D eigenvalue weighted by Crippen LogP contribution is -2.10. The molecule has 1 rings (SSSR count). The van der Waals surface area contributed by atoms with E-state index in [0.29, 0.717) is 23.7 Å². The van der Waals surface area contributed by atoms with Crippen LogP contribution in [0.5, 0.6) is 5.75 Å². The van der Waals surface area contributed by atoms with Crippen LogP contribution in [0.4, 0.5) is 5.69 Å². The predicted molar refractivity (Wildman–Crippen MR) is 70.8 cm³/mol. The second-order valence-electron chi connectivity index (χ2n) is 3.75. The minimum atomic E-state index is -2.90. The molecule has 0 saturated carbocycles. The zero-order valence-corrected chi connectivity index (χ0v) is 11.4. The van der Waals surface area contributed by atoms with Gasteiger partial charge >= 0.3 is 0 Å². The number of rotatable bonds is 6. The zero-order chi connectivity index (χ0) is 12.9. The molecule has 0 aromatic heterocycles. The summed E-state index contributed by atoms with van der Waals surface area (Å²) in [6.45, 7) is 0.559. The molecular formula is C11H16ClNO3S. The molecule has 4 nitrogen and oxygen atoms in total. The van der Waals surface area contributed by atoms with Crippen molar-refractivity contribution in [3.63, 3.8) is 0 Å². The number of sulfone groups is 1. The minimum absolute atomic E-state index is 0.170. The Morgan fingerprint density at radius 1 is 1.41 bits per heavy atom. The van der Waals surface area contributed by atoms with Crippen molar-refractivity contribution in [1.82, 2.24) is 0 Å². The summed E-state index contributed by atoms with van der Waals surface area (Å²) in [5.41, 5.74) is 0.772. The maximum absolute atomic E-state index is 10.9. The van der Waals surface area contributed by atoms with E-state index in [1.54, 1.807) is 25.3 Å². The quantitative estimate of drug-likeness (QED) is 0.810. The second-order valence-corrected chi connectivity index (χ2v) is 6.45. The molecule has 1 N–H and O–H groups in total. The van der Waals surface area contributed by atoms with E-state index in [9.17, 15) is 8.42 Å². The first-order valence-corrected chi connectivity index (χ1v) is 7.61. The number of ether oxygens (including phenoxy) is 1. The van der Waals surface area contributed by atoms with E-state index in [-0.39, 0.29) is 5.75 Å². The fourth-order valence-electron chi connectivity index (χ4n) is 1.38. The topological polar surface area (TPSA) is 55.4 Å². The van der Waals surface area contributed by atoms with Crippen LogP contribution in [-0.2, 0) is 9.84 Å². The normalized spacial score (nSPS) is 11.2. The fraction of sp³-hybridized carbons (Fsp3) is 0.455. The maximum Gasteiger partial charge on any atom is 0.147 e. The van der Waals surface area contributed by atoms with Gasteiger partial charge in [0, 0.05) is 17.8 Å². The van der Waals surface area contributed by atoms with Crippen molar-refractivity contribution in [2.24, 2.45) is 0 Å². The molecule has 0 aliphatic heterocycles. The van der Waals surface area contributed by atoms with Crippen LogP contribution in [0, 0.1) is 0 Å². The Morgan fingerprint density at radius 2 is 2.12 bits per heavy atom. The lowest BCUT2D eigenvalue weighted by Gasteiger charge is -2.11. The largest absolute Gasteiger partial charge is 0.495 e. The number of methoxy groups -OCH3 is 1. The van der Waals surface area contributed by atoms with Gasteiger partial charge in [-0.05, 0) is 24.6 Å². The third-order valence-corrected chi connectivity index (χ3v) is 3.43. The van der Waals surface area contributed by atoms with E-state index in [4.69, 9.17) is 16.3 Å². The molecule has 6 heteroatoms. The number of hydrogen-bond donors (Lipinski definition) is 1. The minimum Gasteiger partial charge on any atom is -0.495 e. The van der Waals surface area contributed by atoms with Crippen LogP contribution in [0.3, 0.4) is 0 Å². The Balaban J connectivity index is 2.54. The summed E-state index contributed by atoms with van der Waals surface area (Å²) in [5, 5.41) is 3.71. The van der Waals surface area contributed by atoms with E-state index in [0.717, 1.165) is 5.69 Å². The zero-order valence-electron chi connectivity index (χ0n) is 9.86. The van der Waals surface area contributed by atoms with Crippen molar-refractivity contribution in [3.05, 3.63) is 23.2 Å². The van der Waals surface area contributed by atoms with Gasteiger partial charge in [-0.25, -0.2) is 8.42 Å². The van der Waals surface area contributed by atoms with Crippen molar-refractivity contribution < 1.29 is 13.2 Å². The number of nitrogens with one attached hydrogen (secondary N) is 1. The molecule has 0 saturated heterocycles. The van der Waals surface area contributed by atoms with E-state index in [1.807, 2.05) is 0 Å². The summed E-state index contributed by atoms with van der Waals surface area (Å²) in [7, 11) is -1.33. The highest BCUT2D eigenvalue weighted by Gasteiger charge is 2.04. The van der Waals surface area contributed by atoms with Gasteiger partial charge in [0.05, 0.1) is 18.6 Å². The van der Waals surface area contributed by atoms with Gasteiger partial charge < -0.3 is 10.1 Å². The van der Waals surface area contributed by atoms with Crippen molar-refractivity contribution in [2.75, 3.05) is 31.0 Å². The molecule has 0 aliphatic carbocycles. The Kier molecular flexibility index (Phi) is 5.08. The average molecular weight is 278 g/mol. The van der Waals surface area contributed by atoms with Crippen molar-refractivity contribution in [2.45, 2.75) is 6.42 Å². The molecule has 0 fully saturated rings. The maximum atomic E-state index is 10.9. The molecule has 0 radical (unpaired) electrons.